The van der Waals surface area contributed by atoms with Gasteiger partial charge in [0, 0.05) is 12.4 Å². The number of hydrogen-bond donors (Lipinski definition) is 1. The third kappa shape index (κ3) is 3.22. The smallest absolute Gasteiger partial charge is 0.243 e. The number of aromatic nitrogens is 1. The molecule has 0 atom stereocenters. The van der Waals surface area contributed by atoms with Gasteiger partial charge in [-0.2, -0.15) is 4.31 Å². The second-order valence-electron chi connectivity index (χ2n) is 4.76. The fourth-order valence-electron chi connectivity index (χ4n) is 1.91. The molecule has 8 heteroatoms. The molecule has 0 saturated carbocycles. The Morgan fingerprint density at radius 1 is 1.38 bits per heavy atom. The van der Waals surface area contributed by atoms with Crippen molar-refractivity contribution in [3.05, 3.63) is 39.6 Å². The Kier molecular flexibility index (Phi) is 4.31. The first-order valence-electron chi connectivity index (χ1n) is 6.15. The monoisotopic (exact) mass is 329 g/mol. The lowest BCUT2D eigenvalue weighted by Gasteiger charge is -2.18. The molecule has 0 aliphatic rings. The number of rotatable bonds is 4. The molecule has 1 heterocycles. The molecular weight excluding hydrogens is 313 g/mol. The maximum atomic E-state index is 13.4. The van der Waals surface area contributed by atoms with E-state index < -0.39 is 15.8 Å². The fraction of sp³-hybridized carbons (Fsp3) is 0.308. The van der Waals surface area contributed by atoms with Gasteiger partial charge in [-0.1, -0.05) is 0 Å². The van der Waals surface area contributed by atoms with E-state index in [9.17, 15) is 12.8 Å². The zero-order valence-corrected chi connectivity index (χ0v) is 13.6. The average molecular weight is 329 g/mol. The van der Waals surface area contributed by atoms with E-state index in [0.717, 1.165) is 17.1 Å². The van der Waals surface area contributed by atoms with Crippen LogP contribution in [0.25, 0.3) is 0 Å². The highest BCUT2D eigenvalue weighted by atomic mass is 32.2. The van der Waals surface area contributed by atoms with Gasteiger partial charge < -0.3 is 5.73 Å². The molecule has 0 aliphatic carbocycles. The number of halogens is 1. The van der Waals surface area contributed by atoms with Crippen molar-refractivity contribution in [2.75, 3.05) is 12.8 Å². The summed E-state index contributed by atoms with van der Waals surface area (Å²) in [7, 11) is -2.29. The van der Waals surface area contributed by atoms with Crippen LogP contribution in [-0.4, -0.2) is 24.8 Å². The highest BCUT2D eigenvalue weighted by Crippen LogP contribution is 2.25. The zero-order chi connectivity index (χ0) is 15.8. The lowest BCUT2D eigenvalue weighted by molar-refractivity contribution is 0.462. The van der Waals surface area contributed by atoms with Crippen LogP contribution in [0.15, 0.2) is 22.4 Å². The van der Waals surface area contributed by atoms with Crippen LogP contribution in [0.1, 0.15) is 16.3 Å². The SMILES string of the molecule is Cc1nc(CN(C)S(=O)(=O)c2cc(N)c(F)cc2C)cs1. The Hall–Kier alpha value is -1.51. The molecule has 0 aliphatic heterocycles. The minimum absolute atomic E-state index is 0.0100. The van der Waals surface area contributed by atoms with Gasteiger partial charge in [-0.3, -0.25) is 0 Å². The molecular formula is C13H16FN3O2S2. The largest absolute Gasteiger partial charge is 0.396 e. The summed E-state index contributed by atoms with van der Waals surface area (Å²) in [6, 6.07) is 2.28. The molecule has 0 radical (unpaired) electrons. The normalized spacial score (nSPS) is 12.0. The fourth-order valence-corrected chi connectivity index (χ4v) is 3.89. The van der Waals surface area contributed by atoms with E-state index in [1.54, 1.807) is 0 Å². The van der Waals surface area contributed by atoms with Gasteiger partial charge in [0.25, 0.3) is 0 Å². The van der Waals surface area contributed by atoms with Gasteiger partial charge in [-0.05, 0) is 31.5 Å². The van der Waals surface area contributed by atoms with Crippen LogP contribution in [0.5, 0.6) is 0 Å². The molecule has 114 valence electrons. The number of nitrogens with two attached hydrogens (primary N) is 1. The van der Waals surface area contributed by atoms with Crippen molar-refractivity contribution in [3.63, 3.8) is 0 Å². The van der Waals surface area contributed by atoms with E-state index >= 15 is 0 Å². The summed E-state index contributed by atoms with van der Waals surface area (Å²) in [6.45, 7) is 3.55. The van der Waals surface area contributed by atoms with Crippen LogP contribution in [0, 0.1) is 19.7 Å². The summed E-state index contributed by atoms with van der Waals surface area (Å²) in [5.41, 5.74) is 6.29. The summed E-state index contributed by atoms with van der Waals surface area (Å²) in [4.78, 5) is 4.25. The molecule has 1 aromatic carbocycles. The number of sulfonamides is 1. The van der Waals surface area contributed by atoms with Crippen LogP contribution < -0.4 is 5.73 Å². The first-order chi connectivity index (χ1) is 9.71. The minimum atomic E-state index is -3.75. The summed E-state index contributed by atoms with van der Waals surface area (Å²) in [5, 5.41) is 2.69. The van der Waals surface area contributed by atoms with Crippen LogP contribution in [-0.2, 0) is 16.6 Å². The topological polar surface area (TPSA) is 76.3 Å². The van der Waals surface area contributed by atoms with Crippen molar-refractivity contribution in [3.8, 4) is 0 Å². The van der Waals surface area contributed by atoms with Crippen molar-refractivity contribution in [2.45, 2.75) is 25.3 Å². The van der Waals surface area contributed by atoms with Gasteiger partial charge in [0.05, 0.1) is 27.8 Å². The van der Waals surface area contributed by atoms with Gasteiger partial charge in [0.2, 0.25) is 10.0 Å². The molecule has 2 rings (SSSR count). The number of aryl methyl sites for hydroxylation is 2. The lowest BCUT2D eigenvalue weighted by Crippen LogP contribution is -2.27. The van der Waals surface area contributed by atoms with E-state index in [1.165, 1.54) is 29.6 Å². The number of nitrogen functional groups attached to an aromatic ring is 1. The standard InChI is InChI=1S/C13H16FN3O2S2/c1-8-4-11(14)12(15)5-13(8)21(18,19)17(3)6-10-7-20-9(2)16-10/h4-5,7H,6,15H2,1-3H3. The van der Waals surface area contributed by atoms with E-state index in [0.29, 0.717) is 11.3 Å². The maximum absolute atomic E-state index is 13.4. The van der Waals surface area contributed by atoms with Crippen molar-refractivity contribution >= 4 is 27.0 Å². The molecule has 0 saturated heterocycles. The highest BCUT2D eigenvalue weighted by Gasteiger charge is 2.24. The van der Waals surface area contributed by atoms with Crippen LogP contribution >= 0.6 is 11.3 Å². The van der Waals surface area contributed by atoms with Gasteiger partial charge in [0.15, 0.2) is 0 Å². The van der Waals surface area contributed by atoms with Crippen LogP contribution in [0.4, 0.5) is 10.1 Å². The Labute approximate surface area is 127 Å². The summed E-state index contributed by atoms with van der Waals surface area (Å²) < 4.78 is 39.6. The lowest BCUT2D eigenvalue weighted by atomic mass is 10.2. The summed E-state index contributed by atoms with van der Waals surface area (Å²) in [5.74, 6) is -0.621. The van der Waals surface area contributed by atoms with E-state index in [1.807, 2.05) is 12.3 Å². The predicted octanol–water partition coefficient (Wildman–Crippen LogP) is 2.30. The van der Waals surface area contributed by atoms with Crippen molar-refractivity contribution < 1.29 is 12.8 Å². The Morgan fingerprint density at radius 3 is 2.62 bits per heavy atom. The molecule has 5 nitrogen and oxygen atoms in total. The third-order valence-corrected chi connectivity index (χ3v) is 5.80. The Morgan fingerprint density at radius 2 is 2.05 bits per heavy atom. The summed E-state index contributed by atoms with van der Waals surface area (Å²) >= 11 is 1.46. The second-order valence-corrected chi connectivity index (χ2v) is 7.83. The van der Waals surface area contributed by atoms with Gasteiger partial charge in [-0.15, -0.1) is 11.3 Å². The number of nitrogens with zero attached hydrogens (tertiary/aromatic N) is 2. The maximum Gasteiger partial charge on any atom is 0.243 e. The Balaban J connectivity index is 2.35. The van der Waals surface area contributed by atoms with Crippen LogP contribution in [0.3, 0.4) is 0 Å². The van der Waals surface area contributed by atoms with Gasteiger partial charge in [0.1, 0.15) is 5.82 Å². The quantitative estimate of drug-likeness (QED) is 0.873. The van der Waals surface area contributed by atoms with Crippen molar-refractivity contribution in [1.29, 1.82) is 0 Å². The van der Waals surface area contributed by atoms with Crippen LogP contribution in [0.2, 0.25) is 0 Å². The predicted molar refractivity (Wildman–Crippen MR) is 81.1 cm³/mol. The average Bonchev–Trinajstić information content (AvgIpc) is 2.79. The molecule has 2 N–H and O–H groups in total. The molecule has 0 spiro atoms. The molecule has 2 aromatic rings. The summed E-state index contributed by atoms with van der Waals surface area (Å²) in [6.07, 6.45) is 0. The van der Waals surface area contributed by atoms with E-state index in [2.05, 4.69) is 4.98 Å². The first-order valence-corrected chi connectivity index (χ1v) is 8.46. The van der Waals surface area contributed by atoms with Crippen molar-refractivity contribution in [2.24, 2.45) is 0 Å². The minimum Gasteiger partial charge on any atom is -0.396 e. The number of hydrogen-bond acceptors (Lipinski definition) is 5. The molecule has 1 aromatic heterocycles. The number of anilines is 1. The molecule has 0 fully saturated rings. The van der Waals surface area contributed by atoms with E-state index in [-0.39, 0.29) is 17.1 Å². The van der Waals surface area contributed by atoms with E-state index in [4.69, 9.17) is 5.73 Å². The molecule has 0 bridgehead atoms. The third-order valence-electron chi connectivity index (χ3n) is 3.03. The molecule has 0 amide bonds. The van der Waals surface area contributed by atoms with Crippen molar-refractivity contribution in [1.82, 2.24) is 9.29 Å². The highest BCUT2D eigenvalue weighted by molar-refractivity contribution is 7.89. The second kappa shape index (κ2) is 5.70. The number of thiazole rings is 1. The first kappa shape index (κ1) is 15.9. The van der Waals surface area contributed by atoms with Gasteiger partial charge >= 0.3 is 0 Å². The Bertz CT molecular complexity index is 772. The van der Waals surface area contributed by atoms with Gasteiger partial charge in [-0.25, -0.2) is 17.8 Å². The number of benzene rings is 1. The molecule has 0 unspecified atom stereocenters. The molecule has 21 heavy (non-hydrogen) atoms. The zero-order valence-electron chi connectivity index (χ0n) is 11.9.